The molecule has 0 saturated carbocycles. The Balaban J connectivity index is 1.79. The molecule has 0 aliphatic carbocycles. The highest BCUT2D eigenvalue weighted by Crippen LogP contribution is 2.55. The summed E-state index contributed by atoms with van der Waals surface area (Å²) < 4.78 is 1.04. The molecular weight excluding hydrogens is 545 g/mol. The van der Waals surface area contributed by atoms with Crippen molar-refractivity contribution in [3.8, 4) is 12.1 Å². The first-order chi connectivity index (χ1) is 16.0. The number of carbonyl (C=O) groups is 1. The Bertz CT molecular complexity index is 1340. The minimum absolute atomic E-state index is 0.118. The molecule has 0 spiro atoms. The second kappa shape index (κ2) is 8.33. The van der Waals surface area contributed by atoms with Gasteiger partial charge in [-0.2, -0.15) is 10.5 Å². The Labute approximate surface area is 210 Å². The summed E-state index contributed by atoms with van der Waals surface area (Å²) in [5.41, 5.74) is 1.55. The first-order valence-electron chi connectivity index (χ1n) is 10.4. The van der Waals surface area contributed by atoms with Crippen molar-refractivity contribution in [2.24, 2.45) is 5.41 Å². The van der Waals surface area contributed by atoms with E-state index in [1.165, 1.54) is 0 Å². The van der Waals surface area contributed by atoms with Crippen molar-refractivity contribution < 1.29 is 4.79 Å². The van der Waals surface area contributed by atoms with E-state index < -0.39 is 23.4 Å². The molecule has 0 radical (unpaired) electrons. The zero-order chi connectivity index (χ0) is 23.2. The Morgan fingerprint density at radius 2 is 1.70 bits per heavy atom. The molecule has 3 atom stereocenters. The minimum Gasteiger partial charge on any atom is -0.351 e. The molecule has 3 aromatic carbocycles. The predicted octanol–water partition coefficient (Wildman–Crippen LogP) is 6.23. The quantitative estimate of drug-likeness (QED) is 0.281. The smallest absolute Gasteiger partial charge is 0.185 e. The Hall–Kier alpha value is -3.13. The van der Waals surface area contributed by atoms with Crippen molar-refractivity contribution in [1.29, 1.82) is 10.5 Å². The van der Waals surface area contributed by atoms with Gasteiger partial charge in [0.15, 0.2) is 11.2 Å². The number of rotatable bonds is 3. The van der Waals surface area contributed by atoms with E-state index in [0.717, 1.165) is 20.4 Å². The molecule has 0 unspecified atom stereocenters. The molecule has 2 aliphatic heterocycles. The number of benzene rings is 3. The summed E-state index contributed by atoms with van der Waals surface area (Å²) in [5.74, 6) is -0.763. The molecule has 0 bridgehead atoms. The summed E-state index contributed by atoms with van der Waals surface area (Å²) in [6.45, 7) is 0. The predicted molar refractivity (Wildman–Crippen MR) is 137 cm³/mol. The second-order valence-electron chi connectivity index (χ2n) is 8.21. The molecule has 1 fully saturated rings. The summed E-state index contributed by atoms with van der Waals surface area (Å²) in [6.07, 6.45) is 3.76. The number of nitriles is 2. The van der Waals surface area contributed by atoms with Gasteiger partial charge in [-0.25, -0.2) is 0 Å². The van der Waals surface area contributed by atoms with E-state index in [1.54, 1.807) is 18.2 Å². The van der Waals surface area contributed by atoms with Crippen molar-refractivity contribution in [2.45, 2.75) is 18.0 Å². The van der Waals surface area contributed by atoms with Gasteiger partial charge in [-0.3, -0.25) is 4.79 Å². The fourth-order valence-electron chi connectivity index (χ4n) is 5.08. The third kappa shape index (κ3) is 3.35. The largest absolute Gasteiger partial charge is 0.351 e. The number of Topliss-reactive ketones (excluding diaryl/α,β-unsaturated/α-hetero) is 1. The van der Waals surface area contributed by atoms with Crippen LogP contribution in [0, 0.1) is 31.6 Å². The van der Waals surface area contributed by atoms with E-state index in [9.17, 15) is 15.3 Å². The van der Waals surface area contributed by atoms with Crippen LogP contribution in [0.4, 0.5) is 5.69 Å². The van der Waals surface area contributed by atoms with Gasteiger partial charge in [-0.05, 0) is 64.0 Å². The van der Waals surface area contributed by atoms with Crippen molar-refractivity contribution in [3.05, 3.63) is 104 Å². The maximum Gasteiger partial charge on any atom is 0.185 e. The molecular formula is C27H17ClIN3O. The maximum absolute atomic E-state index is 14.0. The van der Waals surface area contributed by atoms with E-state index in [-0.39, 0.29) is 5.78 Å². The van der Waals surface area contributed by atoms with Crippen LogP contribution in [-0.4, -0.2) is 17.9 Å². The monoisotopic (exact) mass is 561 g/mol. The molecule has 0 N–H and O–H groups in total. The SMILES string of the molecule is N#CC1(C#N)[C@H](c2ccc(I)cc2)[C@H](C(=O)c2ccccc2)N2c3ccc(Cl)cc3C=C[C@@H]21. The second-order valence-corrected chi connectivity index (χ2v) is 9.89. The molecule has 33 heavy (non-hydrogen) atoms. The number of anilines is 1. The Morgan fingerprint density at radius 3 is 2.36 bits per heavy atom. The van der Waals surface area contributed by atoms with E-state index >= 15 is 0 Å². The van der Waals surface area contributed by atoms with Crippen molar-refractivity contribution >= 4 is 51.7 Å². The number of carbonyl (C=O) groups excluding carboxylic acids is 1. The standard InChI is InChI=1S/C27H17ClIN3O/c28-20-9-12-22-19(14-20)8-13-23-27(15-30,16-31)24(17-6-10-21(29)11-7-17)25(32(22)23)26(33)18-4-2-1-3-5-18/h1-14,23-25H/t23-,24-,25-/m1/s1. The third-order valence-electron chi connectivity index (χ3n) is 6.52. The Kier molecular flexibility index (Phi) is 5.48. The lowest BCUT2D eigenvalue weighted by atomic mass is 9.69. The van der Waals surface area contributed by atoms with Gasteiger partial charge >= 0.3 is 0 Å². The molecule has 0 amide bonds. The van der Waals surface area contributed by atoms with Gasteiger partial charge in [0.05, 0.1) is 18.2 Å². The van der Waals surface area contributed by atoms with Crippen LogP contribution in [0.3, 0.4) is 0 Å². The average molecular weight is 562 g/mol. The third-order valence-corrected chi connectivity index (χ3v) is 7.48. The van der Waals surface area contributed by atoms with E-state index in [0.29, 0.717) is 10.6 Å². The molecule has 6 heteroatoms. The number of nitrogens with zero attached hydrogens (tertiary/aromatic N) is 3. The fourth-order valence-corrected chi connectivity index (χ4v) is 5.62. The van der Waals surface area contributed by atoms with Crippen LogP contribution in [0.5, 0.6) is 0 Å². The number of ketones is 1. The van der Waals surface area contributed by atoms with Gasteiger partial charge in [0.2, 0.25) is 0 Å². The summed E-state index contributed by atoms with van der Waals surface area (Å²) in [7, 11) is 0. The first kappa shape index (κ1) is 21.7. The van der Waals surface area contributed by atoms with Gasteiger partial charge in [0.25, 0.3) is 0 Å². The lowest BCUT2D eigenvalue weighted by Crippen LogP contribution is -2.44. The lowest BCUT2D eigenvalue weighted by Gasteiger charge is -2.35. The van der Waals surface area contributed by atoms with Crippen molar-refractivity contribution in [1.82, 2.24) is 0 Å². The van der Waals surface area contributed by atoms with Crippen LogP contribution in [0.2, 0.25) is 5.02 Å². The molecule has 0 aromatic heterocycles. The van der Waals surface area contributed by atoms with Crippen molar-refractivity contribution in [3.63, 3.8) is 0 Å². The molecule has 1 saturated heterocycles. The van der Waals surface area contributed by atoms with E-state index in [4.69, 9.17) is 11.6 Å². The van der Waals surface area contributed by atoms with E-state index in [2.05, 4.69) is 34.7 Å². The number of hydrogen-bond donors (Lipinski definition) is 0. The number of hydrogen-bond acceptors (Lipinski definition) is 4. The molecule has 4 nitrogen and oxygen atoms in total. The molecule has 2 aliphatic rings. The van der Waals surface area contributed by atoms with Gasteiger partial charge in [-0.1, -0.05) is 66.2 Å². The summed E-state index contributed by atoms with van der Waals surface area (Å²) in [6, 6.07) is 25.6. The maximum atomic E-state index is 14.0. The van der Waals surface area contributed by atoms with Gasteiger partial charge in [0.1, 0.15) is 6.04 Å². The zero-order valence-electron chi connectivity index (χ0n) is 17.3. The topological polar surface area (TPSA) is 67.9 Å². The highest BCUT2D eigenvalue weighted by Gasteiger charge is 2.63. The average Bonchev–Trinajstić information content (AvgIpc) is 3.15. The van der Waals surface area contributed by atoms with Gasteiger partial charge in [0, 0.05) is 25.8 Å². The Morgan fingerprint density at radius 1 is 1.00 bits per heavy atom. The van der Waals surface area contributed by atoms with Crippen molar-refractivity contribution in [2.75, 3.05) is 4.90 Å². The highest BCUT2D eigenvalue weighted by molar-refractivity contribution is 14.1. The minimum atomic E-state index is -1.45. The highest BCUT2D eigenvalue weighted by atomic mass is 127. The summed E-state index contributed by atoms with van der Waals surface area (Å²) >= 11 is 8.46. The van der Waals surface area contributed by atoms with E-state index in [1.807, 2.05) is 71.6 Å². The molecule has 160 valence electrons. The first-order valence-corrected chi connectivity index (χ1v) is 11.9. The van der Waals surface area contributed by atoms with Crippen LogP contribution in [0.25, 0.3) is 6.08 Å². The van der Waals surface area contributed by atoms with Gasteiger partial charge < -0.3 is 4.90 Å². The van der Waals surface area contributed by atoms with Crippen LogP contribution in [0.1, 0.15) is 27.4 Å². The molecule has 2 heterocycles. The summed E-state index contributed by atoms with van der Waals surface area (Å²) in [5, 5.41) is 21.5. The normalized spacial score (nSPS) is 22.1. The van der Waals surface area contributed by atoms with Crippen LogP contribution >= 0.6 is 34.2 Å². The molecule has 5 rings (SSSR count). The number of halogens is 2. The lowest BCUT2D eigenvalue weighted by molar-refractivity contribution is 0.0951. The fraction of sp³-hybridized carbons (Fsp3) is 0.148. The van der Waals surface area contributed by atoms with Gasteiger partial charge in [-0.15, -0.1) is 0 Å². The van der Waals surface area contributed by atoms with Crippen LogP contribution in [-0.2, 0) is 0 Å². The number of fused-ring (bicyclic) bond motifs is 3. The molecule has 3 aromatic rings. The van der Waals surface area contributed by atoms with Crippen LogP contribution in [0.15, 0.2) is 78.9 Å². The zero-order valence-corrected chi connectivity index (χ0v) is 20.2. The van der Waals surface area contributed by atoms with Crippen LogP contribution < -0.4 is 4.90 Å². The summed E-state index contributed by atoms with van der Waals surface area (Å²) in [4.78, 5) is 16.0.